The third-order valence-electron chi connectivity index (χ3n) is 3.04. The van der Waals surface area contributed by atoms with Gasteiger partial charge in [-0.2, -0.15) is 0 Å². The molecule has 0 fully saturated rings. The van der Waals surface area contributed by atoms with Gasteiger partial charge in [-0.1, -0.05) is 34.1 Å². The van der Waals surface area contributed by atoms with Crippen molar-refractivity contribution in [3.05, 3.63) is 64.1 Å². The minimum absolute atomic E-state index is 0.376. The molecule has 0 aliphatic rings. The molecule has 120 valence electrons. The summed E-state index contributed by atoms with van der Waals surface area (Å²) in [4.78, 5) is 11.1. The number of nitrogens with one attached hydrogen (secondary N) is 1. The summed E-state index contributed by atoms with van der Waals surface area (Å²) in [6.07, 6.45) is 2.99. The van der Waals surface area contributed by atoms with Crippen molar-refractivity contribution in [2.75, 3.05) is 7.11 Å². The van der Waals surface area contributed by atoms with Crippen molar-refractivity contribution >= 4 is 27.9 Å². The molecule has 2 aromatic rings. The molecule has 0 saturated carbocycles. The monoisotopic (exact) mass is 376 g/mol. The molecule has 0 radical (unpaired) electrons. The first-order valence-corrected chi connectivity index (χ1v) is 7.65. The lowest BCUT2D eigenvalue weighted by atomic mass is 10.2. The Kier molecular flexibility index (Phi) is 6.19. The molecule has 0 aliphatic heterocycles. The minimum atomic E-state index is -0.376. The fraction of sp³-hybridized carbons (Fsp3) is 0.118. The van der Waals surface area contributed by atoms with Gasteiger partial charge in [0.2, 0.25) is 0 Å². The molecule has 0 atom stereocenters. The molecule has 0 heterocycles. The lowest BCUT2D eigenvalue weighted by Gasteiger charge is -2.11. The Hall–Kier alpha value is -2.31. The first-order valence-electron chi connectivity index (χ1n) is 6.86. The molecule has 0 bridgehead atoms. The molecule has 0 aromatic heterocycles. The van der Waals surface area contributed by atoms with Crippen molar-refractivity contribution < 1.29 is 14.3 Å². The zero-order chi connectivity index (χ0) is 16.7. The molecule has 5 nitrogen and oxygen atoms in total. The van der Waals surface area contributed by atoms with Crippen LogP contribution in [-0.4, -0.2) is 13.0 Å². The van der Waals surface area contributed by atoms with Crippen LogP contribution in [-0.2, 0) is 11.4 Å². The number of methoxy groups -OCH3 is 1. The van der Waals surface area contributed by atoms with Crippen molar-refractivity contribution in [3.63, 3.8) is 0 Å². The van der Waals surface area contributed by atoms with E-state index >= 15 is 0 Å². The van der Waals surface area contributed by atoms with Crippen LogP contribution < -0.4 is 20.7 Å². The molecule has 6 heteroatoms. The third kappa shape index (κ3) is 5.12. The summed E-state index contributed by atoms with van der Waals surface area (Å²) in [6.45, 7) is 0.431. The fourth-order valence-corrected chi connectivity index (χ4v) is 2.36. The zero-order valence-corrected chi connectivity index (χ0v) is 14.2. The van der Waals surface area contributed by atoms with E-state index in [1.165, 1.54) is 6.08 Å². The van der Waals surface area contributed by atoms with Gasteiger partial charge in [0.05, 0.1) is 7.11 Å². The highest BCUT2D eigenvalue weighted by Crippen LogP contribution is 2.29. The largest absolute Gasteiger partial charge is 0.493 e. The lowest BCUT2D eigenvalue weighted by Crippen LogP contribution is -2.27. The second-order valence-electron chi connectivity index (χ2n) is 4.67. The number of hydrogen-bond donors (Lipinski definition) is 2. The summed E-state index contributed by atoms with van der Waals surface area (Å²) in [5.74, 6) is 5.87. The van der Waals surface area contributed by atoms with Gasteiger partial charge in [-0.25, -0.2) is 5.84 Å². The van der Waals surface area contributed by atoms with Gasteiger partial charge >= 0.3 is 0 Å². The predicted octanol–water partition coefficient (Wildman–Crippen LogP) is 3.04. The lowest BCUT2D eigenvalue weighted by molar-refractivity contribution is -0.116. The van der Waals surface area contributed by atoms with Crippen LogP contribution in [0.2, 0.25) is 0 Å². The molecular weight excluding hydrogens is 360 g/mol. The van der Waals surface area contributed by atoms with E-state index in [4.69, 9.17) is 15.3 Å². The number of hydrazine groups is 1. The number of carbonyl (C=O) groups excluding carboxylic acids is 1. The second kappa shape index (κ2) is 8.36. The second-order valence-corrected chi connectivity index (χ2v) is 5.59. The highest BCUT2D eigenvalue weighted by atomic mass is 79.9. The molecule has 2 aromatic carbocycles. The summed E-state index contributed by atoms with van der Waals surface area (Å²) in [5.41, 5.74) is 3.88. The number of benzene rings is 2. The molecule has 23 heavy (non-hydrogen) atoms. The van der Waals surface area contributed by atoms with Crippen molar-refractivity contribution in [1.82, 2.24) is 5.43 Å². The quantitative estimate of drug-likeness (QED) is 0.351. The summed E-state index contributed by atoms with van der Waals surface area (Å²) in [6, 6.07) is 13.3. The summed E-state index contributed by atoms with van der Waals surface area (Å²) in [5, 5.41) is 0. The molecular formula is C17H17BrN2O3. The Morgan fingerprint density at radius 3 is 2.78 bits per heavy atom. The van der Waals surface area contributed by atoms with Gasteiger partial charge < -0.3 is 9.47 Å². The van der Waals surface area contributed by atoms with E-state index in [2.05, 4.69) is 15.9 Å². The standard InChI is InChI=1S/C17H17BrN2O3/c1-22-16-10-12(6-8-17(21)20-19)5-7-15(16)23-11-13-3-2-4-14(18)9-13/h2-10H,11,19H2,1H3,(H,20,21)/b8-6+. The first-order chi connectivity index (χ1) is 11.1. The fourth-order valence-electron chi connectivity index (χ4n) is 1.91. The van der Waals surface area contributed by atoms with E-state index in [0.29, 0.717) is 18.1 Å². The average molecular weight is 377 g/mol. The Morgan fingerprint density at radius 2 is 2.09 bits per heavy atom. The highest BCUT2D eigenvalue weighted by Gasteiger charge is 2.06. The molecule has 0 saturated heterocycles. The van der Waals surface area contributed by atoms with Crippen LogP contribution in [0.1, 0.15) is 11.1 Å². The molecule has 0 unspecified atom stereocenters. The number of amides is 1. The topological polar surface area (TPSA) is 73.6 Å². The van der Waals surface area contributed by atoms with Gasteiger partial charge in [-0.05, 0) is 41.5 Å². The predicted molar refractivity (Wildman–Crippen MR) is 92.8 cm³/mol. The molecule has 3 N–H and O–H groups in total. The Labute approximate surface area is 143 Å². The molecule has 0 spiro atoms. The maximum absolute atomic E-state index is 11.1. The average Bonchev–Trinajstić information content (AvgIpc) is 2.58. The van der Waals surface area contributed by atoms with Crippen molar-refractivity contribution in [2.45, 2.75) is 6.61 Å². The van der Waals surface area contributed by atoms with Crippen LogP contribution in [0.5, 0.6) is 11.5 Å². The van der Waals surface area contributed by atoms with Gasteiger partial charge in [0.15, 0.2) is 11.5 Å². The van der Waals surface area contributed by atoms with Crippen LogP contribution in [0, 0.1) is 0 Å². The number of ether oxygens (including phenoxy) is 2. The van der Waals surface area contributed by atoms with Crippen molar-refractivity contribution in [1.29, 1.82) is 0 Å². The van der Waals surface area contributed by atoms with E-state index in [1.54, 1.807) is 25.3 Å². The smallest absolute Gasteiger partial charge is 0.257 e. The SMILES string of the molecule is COc1cc(/C=C/C(=O)NN)ccc1OCc1cccc(Br)c1. The van der Waals surface area contributed by atoms with E-state index in [9.17, 15) is 4.79 Å². The number of nitrogens with two attached hydrogens (primary N) is 1. The van der Waals surface area contributed by atoms with Crippen LogP contribution in [0.3, 0.4) is 0 Å². The third-order valence-corrected chi connectivity index (χ3v) is 3.53. The molecule has 0 aliphatic carbocycles. The summed E-state index contributed by atoms with van der Waals surface area (Å²) >= 11 is 3.43. The Bertz CT molecular complexity index is 717. The van der Waals surface area contributed by atoms with E-state index < -0.39 is 0 Å². The van der Waals surface area contributed by atoms with Gasteiger partial charge in [0.25, 0.3) is 5.91 Å². The number of rotatable bonds is 6. The van der Waals surface area contributed by atoms with E-state index in [0.717, 1.165) is 15.6 Å². The maximum Gasteiger partial charge on any atom is 0.257 e. The molecule has 1 amide bonds. The van der Waals surface area contributed by atoms with Crippen molar-refractivity contribution in [3.8, 4) is 11.5 Å². The number of hydrogen-bond acceptors (Lipinski definition) is 4. The first kappa shape index (κ1) is 17.1. The normalized spacial score (nSPS) is 10.6. The van der Waals surface area contributed by atoms with Crippen LogP contribution in [0.15, 0.2) is 53.0 Å². The van der Waals surface area contributed by atoms with E-state index in [-0.39, 0.29) is 5.91 Å². The van der Waals surface area contributed by atoms with Crippen LogP contribution in [0.25, 0.3) is 6.08 Å². The number of halogens is 1. The maximum atomic E-state index is 11.1. The Balaban J connectivity index is 2.10. The minimum Gasteiger partial charge on any atom is -0.493 e. The van der Waals surface area contributed by atoms with E-state index in [1.807, 2.05) is 35.8 Å². The summed E-state index contributed by atoms with van der Waals surface area (Å²) < 4.78 is 12.1. The number of carbonyl (C=O) groups is 1. The summed E-state index contributed by atoms with van der Waals surface area (Å²) in [7, 11) is 1.57. The van der Waals surface area contributed by atoms with Crippen LogP contribution in [0.4, 0.5) is 0 Å². The zero-order valence-electron chi connectivity index (χ0n) is 12.6. The van der Waals surface area contributed by atoms with Gasteiger partial charge in [-0.3, -0.25) is 10.2 Å². The van der Waals surface area contributed by atoms with Crippen molar-refractivity contribution in [2.24, 2.45) is 5.84 Å². The molecule has 2 rings (SSSR count). The highest BCUT2D eigenvalue weighted by molar-refractivity contribution is 9.10. The van der Waals surface area contributed by atoms with Gasteiger partial charge in [-0.15, -0.1) is 0 Å². The van der Waals surface area contributed by atoms with Gasteiger partial charge in [0.1, 0.15) is 6.61 Å². The van der Waals surface area contributed by atoms with Gasteiger partial charge in [0, 0.05) is 10.5 Å². The Morgan fingerprint density at radius 1 is 1.26 bits per heavy atom. The van der Waals surface area contributed by atoms with Crippen LogP contribution >= 0.6 is 15.9 Å².